The molecule has 0 saturated carbocycles. The molecule has 0 aromatic carbocycles. The molecule has 0 rings (SSSR count). The average molecular weight is 158 g/mol. The summed E-state index contributed by atoms with van der Waals surface area (Å²) in [6.45, 7) is 5.22. The standard InChI is InChI=1S/C8H14O3/c1-3-7(5-6-9)11-8(10)4-2/h4,7,9H,2-3,5-6H2,1H3. The summed E-state index contributed by atoms with van der Waals surface area (Å²) >= 11 is 0. The maximum absolute atomic E-state index is 10.6. The Morgan fingerprint density at radius 2 is 2.45 bits per heavy atom. The van der Waals surface area contributed by atoms with Gasteiger partial charge in [-0.2, -0.15) is 0 Å². The van der Waals surface area contributed by atoms with Crippen LogP contribution in [0, 0.1) is 0 Å². The molecule has 64 valence electrons. The van der Waals surface area contributed by atoms with E-state index in [9.17, 15) is 4.79 Å². The first-order chi connectivity index (χ1) is 5.24. The zero-order valence-electron chi connectivity index (χ0n) is 6.75. The smallest absolute Gasteiger partial charge is 0.330 e. The minimum Gasteiger partial charge on any atom is -0.459 e. The number of ether oxygens (including phenoxy) is 1. The second-order valence-corrected chi connectivity index (χ2v) is 2.18. The topological polar surface area (TPSA) is 46.5 Å². The summed E-state index contributed by atoms with van der Waals surface area (Å²) < 4.78 is 4.87. The Bertz CT molecular complexity index is 131. The maximum atomic E-state index is 10.6. The number of aliphatic hydroxyl groups is 1. The van der Waals surface area contributed by atoms with E-state index >= 15 is 0 Å². The summed E-state index contributed by atoms with van der Waals surface area (Å²) in [5.74, 6) is -0.426. The lowest BCUT2D eigenvalue weighted by atomic mass is 10.2. The Morgan fingerprint density at radius 3 is 2.82 bits per heavy atom. The van der Waals surface area contributed by atoms with Gasteiger partial charge in [0.2, 0.25) is 0 Å². The van der Waals surface area contributed by atoms with Gasteiger partial charge in [0.1, 0.15) is 6.10 Å². The molecular formula is C8H14O3. The van der Waals surface area contributed by atoms with E-state index in [0.717, 1.165) is 12.5 Å². The number of esters is 1. The lowest BCUT2D eigenvalue weighted by molar-refractivity contribution is -0.143. The fourth-order valence-electron chi connectivity index (χ4n) is 0.703. The first-order valence-electron chi connectivity index (χ1n) is 3.68. The van der Waals surface area contributed by atoms with Crippen LogP contribution in [0.4, 0.5) is 0 Å². The van der Waals surface area contributed by atoms with Crippen LogP contribution in [-0.4, -0.2) is 23.8 Å². The van der Waals surface area contributed by atoms with Crippen molar-refractivity contribution < 1.29 is 14.6 Å². The van der Waals surface area contributed by atoms with Crippen molar-refractivity contribution in [1.82, 2.24) is 0 Å². The number of hydrogen-bond donors (Lipinski definition) is 1. The second-order valence-electron chi connectivity index (χ2n) is 2.18. The Labute approximate surface area is 66.7 Å². The zero-order valence-corrected chi connectivity index (χ0v) is 6.75. The summed E-state index contributed by atoms with van der Waals surface area (Å²) in [5, 5.41) is 8.54. The second kappa shape index (κ2) is 5.92. The fourth-order valence-corrected chi connectivity index (χ4v) is 0.703. The third kappa shape index (κ3) is 4.56. The highest BCUT2D eigenvalue weighted by Crippen LogP contribution is 2.02. The van der Waals surface area contributed by atoms with Crippen molar-refractivity contribution in [2.24, 2.45) is 0 Å². The molecule has 1 N–H and O–H groups in total. The molecule has 1 unspecified atom stereocenters. The largest absolute Gasteiger partial charge is 0.459 e. The van der Waals surface area contributed by atoms with Gasteiger partial charge in [0.25, 0.3) is 0 Å². The number of hydrogen-bond acceptors (Lipinski definition) is 3. The lowest BCUT2D eigenvalue weighted by Gasteiger charge is -2.12. The van der Waals surface area contributed by atoms with E-state index in [1.165, 1.54) is 0 Å². The monoisotopic (exact) mass is 158 g/mol. The van der Waals surface area contributed by atoms with Crippen molar-refractivity contribution in [2.75, 3.05) is 6.61 Å². The highest BCUT2D eigenvalue weighted by molar-refractivity contribution is 5.81. The molecule has 11 heavy (non-hydrogen) atoms. The van der Waals surface area contributed by atoms with Gasteiger partial charge in [-0.3, -0.25) is 0 Å². The van der Waals surface area contributed by atoms with Crippen LogP contribution < -0.4 is 0 Å². The minimum atomic E-state index is -0.426. The fraction of sp³-hybridized carbons (Fsp3) is 0.625. The Morgan fingerprint density at radius 1 is 1.82 bits per heavy atom. The van der Waals surface area contributed by atoms with Gasteiger partial charge >= 0.3 is 5.97 Å². The first kappa shape index (κ1) is 10.2. The third-order valence-corrected chi connectivity index (χ3v) is 1.36. The van der Waals surface area contributed by atoms with E-state index in [0.29, 0.717) is 6.42 Å². The molecule has 0 spiro atoms. The summed E-state index contributed by atoms with van der Waals surface area (Å²) in [5.41, 5.74) is 0. The van der Waals surface area contributed by atoms with E-state index < -0.39 is 5.97 Å². The van der Waals surface area contributed by atoms with Gasteiger partial charge < -0.3 is 9.84 Å². The molecule has 0 aromatic rings. The maximum Gasteiger partial charge on any atom is 0.330 e. The van der Waals surface area contributed by atoms with Crippen molar-refractivity contribution in [3.05, 3.63) is 12.7 Å². The third-order valence-electron chi connectivity index (χ3n) is 1.36. The van der Waals surface area contributed by atoms with Crippen LogP contribution in [0.5, 0.6) is 0 Å². The molecular weight excluding hydrogens is 144 g/mol. The van der Waals surface area contributed by atoms with E-state index in [1.54, 1.807) is 0 Å². The highest BCUT2D eigenvalue weighted by Gasteiger charge is 2.08. The predicted molar refractivity (Wildman–Crippen MR) is 42.1 cm³/mol. The molecule has 1 atom stereocenters. The normalized spacial score (nSPS) is 12.2. The van der Waals surface area contributed by atoms with E-state index in [2.05, 4.69) is 6.58 Å². The zero-order chi connectivity index (χ0) is 8.69. The molecule has 0 saturated heterocycles. The number of aliphatic hydroxyl groups excluding tert-OH is 1. The summed E-state index contributed by atoms with van der Waals surface area (Å²) in [6, 6.07) is 0. The van der Waals surface area contributed by atoms with Gasteiger partial charge in [0.05, 0.1) is 0 Å². The molecule has 0 radical (unpaired) electrons. The van der Waals surface area contributed by atoms with Gasteiger partial charge in [0.15, 0.2) is 0 Å². The molecule has 0 bridgehead atoms. The van der Waals surface area contributed by atoms with Gasteiger partial charge in [-0.25, -0.2) is 4.79 Å². The van der Waals surface area contributed by atoms with Crippen LogP contribution in [0.3, 0.4) is 0 Å². The van der Waals surface area contributed by atoms with E-state index in [4.69, 9.17) is 9.84 Å². The summed E-state index contributed by atoms with van der Waals surface area (Å²) in [7, 11) is 0. The summed E-state index contributed by atoms with van der Waals surface area (Å²) in [6.07, 6.45) is 2.17. The molecule has 0 aliphatic carbocycles. The van der Waals surface area contributed by atoms with E-state index in [-0.39, 0.29) is 12.7 Å². The molecule has 0 amide bonds. The van der Waals surface area contributed by atoms with Crippen LogP contribution in [-0.2, 0) is 9.53 Å². The number of carbonyl (C=O) groups excluding carboxylic acids is 1. The van der Waals surface area contributed by atoms with E-state index in [1.807, 2.05) is 6.92 Å². The molecule has 0 aromatic heterocycles. The molecule has 0 heterocycles. The minimum absolute atomic E-state index is 0.0446. The Hall–Kier alpha value is -0.830. The first-order valence-corrected chi connectivity index (χ1v) is 3.68. The van der Waals surface area contributed by atoms with Crippen LogP contribution in [0.1, 0.15) is 19.8 Å². The Balaban J connectivity index is 3.67. The van der Waals surface area contributed by atoms with Gasteiger partial charge in [-0.1, -0.05) is 13.5 Å². The highest BCUT2D eigenvalue weighted by atomic mass is 16.5. The lowest BCUT2D eigenvalue weighted by Crippen LogP contribution is -2.16. The van der Waals surface area contributed by atoms with Gasteiger partial charge in [0, 0.05) is 19.1 Å². The van der Waals surface area contributed by atoms with Crippen molar-refractivity contribution >= 4 is 5.97 Å². The Kier molecular flexibility index (Phi) is 5.47. The number of rotatable bonds is 5. The molecule has 3 nitrogen and oxygen atoms in total. The van der Waals surface area contributed by atoms with Crippen molar-refractivity contribution in [3.8, 4) is 0 Å². The average Bonchev–Trinajstić information content (AvgIpc) is 2.03. The summed E-state index contributed by atoms with van der Waals surface area (Å²) in [4.78, 5) is 10.6. The van der Waals surface area contributed by atoms with Crippen LogP contribution in [0.2, 0.25) is 0 Å². The van der Waals surface area contributed by atoms with Crippen LogP contribution in [0.25, 0.3) is 0 Å². The molecule has 0 fully saturated rings. The van der Waals surface area contributed by atoms with Crippen molar-refractivity contribution in [1.29, 1.82) is 0 Å². The molecule has 0 aliphatic heterocycles. The quantitative estimate of drug-likeness (QED) is 0.477. The van der Waals surface area contributed by atoms with Gasteiger partial charge in [-0.05, 0) is 6.42 Å². The van der Waals surface area contributed by atoms with Crippen molar-refractivity contribution in [3.63, 3.8) is 0 Å². The molecule has 3 heteroatoms. The van der Waals surface area contributed by atoms with Gasteiger partial charge in [-0.15, -0.1) is 0 Å². The number of carbonyl (C=O) groups is 1. The van der Waals surface area contributed by atoms with Crippen molar-refractivity contribution in [2.45, 2.75) is 25.9 Å². The predicted octanol–water partition coefficient (Wildman–Crippen LogP) is 0.877. The SMILES string of the molecule is C=CC(=O)OC(CC)CCO. The van der Waals surface area contributed by atoms with Crippen LogP contribution in [0.15, 0.2) is 12.7 Å². The van der Waals surface area contributed by atoms with Crippen LogP contribution >= 0.6 is 0 Å². The molecule has 0 aliphatic rings.